The molecule has 4 rings (SSSR count). The minimum Gasteiger partial charge on any atom is -0.301 e. The highest BCUT2D eigenvalue weighted by Crippen LogP contribution is 2.49. The molecule has 1 fully saturated rings. The zero-order valence-electron chi connectivity index (χ0n) is 12.3. The molecule has 3 aromatic rings. The molecule has 4 heteroatoms. The van der Waals surface area contributed by atoms with Gasteiger partial charge < -0.3 is 5.32 Å². The van der Waals surface area contributed by atoms with Crippen molar-refractivity contribution in [1.82, 2.24) is 4.98 Å². The van der Waals surface area contributed by atoms with Gasteiger partial charge >= 0.3 is 0 Å². The van der Waals surface area contributed by atoms with Gasteiger partial charge in [-0.2, -0.15) is 0 Å². The van der Waals surface area contributed by atoms with Gasteiger partial charge in [0.15, 0.2) is 5.13 Å². The Kier molecular flexibility index (Phi) is 3.01. The normalized spacial score (nSPS) is 15.7. The Labute approximate surface area is 133 Å². The highest BCUT2D eigenvalue weighted by atomic mass is 32.1. The van der Waals surface area contributed by atoms with Crippen LogP contribution in [0.25, 0.3) is 10.2 Å². The van der Waals surface area contributed by atoms with E-state index in [9.17, 15) is 4.79 Å². The predicted octanol–water partition coefficient (Wildman–Crippen LogP) is 4.28. The first-order chi connectivity index (χ1) is 10.7. The summed E-state index contributed by atoms with van der Waals surface area (Å²) in [6, 6.07) is 16.1. The molecule has 1 heterocycles. The number of hydrogen-bond donors (Lipinski definition) is 1. The van der Waals surface area contributed by atoms with Crippen LogP contribution in [0.1, 0.15) is 24.0 Å². The fourth-order valence-electron chi connectivity index (χ4n) is 2.89. The summed E-state index contributed by atoms with van der Waals surface area (Å²) >= 11 is 1.54. The number of nitrogens with one attached hydrogen (secondary N) is 1. The number of anilines is 1. The zero-order chi connectivity index (χ0) is 15.2. The van der Waals surface area contributed by atoms with Crippen LogP contribution in [0, 0.1) is 6.92 Å². The number of para-hydroxylation sites is 1. The molecule has 2 aromatic carbocycles. The quantitative estimate of drug-likeness (QED) is 0.785. The van der Waals surface area contributed by atoms with Crippen LogP contribution in [0.4, 0.5) is 5.13 Å². The van der Waals surface area contributed by atoms with E-state index in [1.165, 1.54) is 11.3 Å². The maximum absolute atomic E-state index is 12.7. The second kappa shape index (κ2) is 4.92. The molecule has 0 aliphatic heterocycles. The lowest BCUT2D eigenvalue weighted by atomic mass is 9.95. The Balaban J connectivity index is 1.63. The monoisotopic (exact) mass is 308 g/mol. The van der Waals surface area contributed by atoms with Crippen LogP contribution in [-0.2, 0) is 10.2 Å². The van der Waals surface area contributed by atoms with Gasteiger partial charge in [-0.25, -0.2) is 4.98 Å². The van der Waals surface area contributed by atoms with Crippen LogP contribution < -0.4 is 5.32 Å². The molecule has 1 aliphatic carbocycles. The Morgan fingerprint density at radius 1 is 1.14 bits per heavy atom. The number of aromatic nitrogens is 1. The molecule has 3 nitrogen and oxygen atoms in total. The fraction of sp³-hybridized carbons (Fsp3) is 0.222. The van der Waals surface area contributed by atoms with Crippen molar-refractivity contribution in [3.8, 4) is 0 Å². The van der Waals surface area contributed by atoms with Gasteiger partial charge in [0.2, 0.25) is 5.91 Å². The van der Waals surface area contributed by atoms with E-state index < -0.39 is 0 Å². The van der Waals surface area contributed by atoms with Gasteiger partial charge in [-0.3, -0.25) is 4.79 Å². The molecule has 0 radical (unpaired) electrons. The molecular weight excluding hydrogens is 292 g/mol. The van der Waals surface area contributed by atoms with Gasteiger partial charge in [0, 0.05) is 0 Å². The van der Waals surface area contributed by atoms with E-state index in [4.69, 9.17) is 0 Å². The first-order valence-electron chi connectivity index (χ1n) is 7.42. The van der Waals surface area contributed by atoms with Crippen molar-refractivity contribution in [2.24, 2.45) is 0 Å². The van der Waals surface area contributed by atoms with Gasteiger partial charge in [0.05, 0.1) is 15.6 Å². The van der Waals surface area contributed by atoms with Crippen molar-refractivity contribution in [3.63, 3.8) is 0 Å². The number of aryl methyl sites for hydroxylation is 1. The van der Waals surface area contributed by atoms with E-state index in [0.717, 1.165) is 34.2 Å². The molecule has 0 saturated heterocycles. The van der Waals surface area contributed by atoms with Gasteiger partial charge in [-0.15, -0.1) is 0 Å². The number of carbonyl (C=O) groups excluding carboxylic acids is 1. The summed E-state index contributed by atoms with van der Waals surface area (Å²) in [5.74, 6) is 0.0652. The van der Waals surface area contributed by atoms with Crippen molar-refractivity contribution >= 4 is 32.6 Å². The van der Waals surface area contributed by atoms with E-state index >= 15 is 0 Å². The molecule has 1 saturated carbocycles. The summed E-state index contributed by atoms with van der Waals surface area (Å²) in [4.78, 5) is 17.3. The van der Waals surface area contributed by atoms with Crippen LogP contribution in [0.3, 0.4) is 0 Å². The largest absolute Gasteiger partial charge is 0.301 e. The minimum atomic E-state index is -0.353. The van der Waals surface area contributed by atoms with Gasteiger partial charge in [0.1, 0.15) is 0 Å². The molecule has 0 atom stereocenters. The maximum Gasteiger partial charge on any atom is 0.236 e. The molecule has 0 unspecified atom stereocenters. The lowest BCUT2D eigenvalue weighted by Crippen LogP contribution is -2.27. The van der Waals surface area contributed by atoms with E-state index in [0.29, 0.717) is 5.13 Å². The molecule has 1 aromatic heterocycles. The van der Waals surface area contributed by atoms with E-state index in [1.807, 2.05) is 55.5 Å². The predicted molar refractivity (Wildman–Crippen MR) is 90.3 cm³/mol. The SMILES string of the molecule is Cc1cccc2sc(NC(=O)C3(c4ccccc4)CC3)nc12. The molecule has 1 amide bonds. The second-order valence-electron chi connectivity index (χ2n) is 5.84. The lowest BCUT2D eigenvalue weighted by Gasteiger charge is -2.14. The van der Waals surface area contributed by atoms with Crippen molar-refractivity contribution in [3.05, 3.63) is 59.7 Å². The fourth-order valence-corrected chi connectivity index (χ4v) is 3.82. The first-order valence-corrected chi connectivity index (χ1v) is 8.24. The summed E-state index contributed by atoms with van der Waals surface area (Å²) < 4.78 is 1.11. The first kappa shape index (κ1) is 13.5. The number of amides is 1. The van der Waals surface area contributed by atoms with Crippen LogP contribution >= 0.6 is 11.3 Å². The second-order valence-corrected chi connectivity index (χ2v) is 6.87. The maximum atomic E-state index is 12.7. The molecule has 110 valence electrons. The van der Waals surface area contributed by atoms with Gasteiger partial charge in [-0.1, -0.05) is 53.8 Å². The number of carbonyl (C=O) groups is 1. The minimum absolute atomic E-state index is 0.0652. The molecular formula is C18H16N2OS. The Morgan fingerprint density at radius 3 is 2.59 bits per heavy atom. The third-order valence-corrected chi connectivity index (χ3v) is 5.29. The van der Waals surface area contributed by atoms with E-state index in [-0.39, 0.29) is 11.3 Å². The van der Waals surface area contributed by atoms with Crippen molar-refractivity contribution in [1.29, 1.82) is 0 Å². The third-order valence-electron chi connectivity index (χ3n) is 4.35. The highest BCUT2D eigenvalue weighted by Gasteiger charge is 2.51. The average molecular weight is 308 g/mol. The Hall–Kier alpha value is -2.20. The molecule has 1 aliphatic rings. The van der Waals surface area contributed by atoms with Crippen molar-refractivity contribution < 1.29 is 4.79 Å². The standard InChI is InChI=1S/C18H16N2OS/c1-12-6-5-9-14-15(12)19-17(22-14)20-16(21)18(10-11-18)13-7-3-2-4-8-13/h2-9H,10-11H2,1H3,(H,19,20,21). The number of rotatable bonds is 3. The van der Waals surface area contributed by atoms with Gasteiger partial charge in [-0.05, 0) is 37.0 Å². The number of fused-ring (bicyclic) bond motifs is 1. The van der Waals surface area contributed by atoms with Crippen LogP contribution in [0.2, 0.25) is 0 Å². The topological polar surface area (TPSA) is 42.0 Å². The number of thiazole rings is 1. The van der Waals surface area contributed by atoms with Crippen molar-refractivity contribution in [2.75, 3.05) is 5.32 Å². The van der Waals surface area contributed by atoms with E-state index in [1.54, 1.807) is 0 Å². The van der Waals surface area contributed by atoms with Crippen LogP contribution in [0.5, 0.6) is 0 Å². The molecule has 0 bridgehead atoms. The average Bonchev–Trinajstić information content (AvgIpc) is 3.24. The highest BCUT2D eigenvalue weighted by molar-refractivity contribution is 7.22. The number of benzene rings is 2. The Bertz CT molecular complexity index is 850. The summed E-state index contributed by atoms with van der Waals surface area (Å²) in [6.45, 7) is 2.04. The smallest absolute Gasteiger partial charge is 0.236 e. The number of nitrogens with zero attached hydrogens (tertiary/aromatic N) is 1. The lowest BCUT2D eigenvalue weighted by molar-refractivity contribution is -0.118. The molecule has 22 heavy (non-hydrogen) atoms. The molecule has 0 spiro atoms. The molecule has 1 N–H and O–H groups in total. The van der Waals surface area contributed by atoms with Crippen LogP contribution in [0.15, 0.2) is 48.5 Å². The Morgan fingerprint density at radius 2 is 1.91 bits per heavy atom. The van der Waals surface area contributed by atoms with E-state index in [2.05, 4.69) is 10.3 Å². The van der Waals surface area contributed by atoms with Gasteiger partial charge in [0.25, 0.3) is 0 Å². The summed E-state index contributed by atoms with van der Waals surface area (Å²) in [5.41, 5.74) is 2.87. The zero-order valence-corrected chi connectivity index (χ0v) is 13.1. The summed E-state index contributed by atoms with van der Waals surface area (Å²) in [7, 11) is 0. The number of hydrogen-bond acceptors (Lipinski definition) is 3. The summed E-state index contributed by atoms with van der Waals surface area (Å²) in [6.07, 6.45) is 1.82. The third kappa shape index (κ3) is 2.11. The van der Waals surface area contributed by atoms with Crippen LogP contribution in [-0.4, -0.2) is 10.9 Å². The van der Waals surface area contributed by atoms with Crippen molar-refractivity contribution in [2.45, 2.75) is 25.2 Å². The summed E-state index contributed by atoms with van der Waals surface area (Å²) in [5, 5.41) is 3.72.